The Kier molecular flexibility index (Phi) is 6.28. The predicted molar refractivity (Wildman–Crippen MR) is 88.8 cm³/mol. The topological polar surface area (TPSA) is 77.4 Å². The lowest BCUT2D eigenvalue weighted by Crippen LogP contribution is -2.19. The highest BCUT2D eigenvalue weighted by Gasteiger charge is 2.18. The van der Waals surface area contributed by atoms with Crippen molar-refractivity contribution < 1.29 is 29.2 Å². The van der Waals surface area contributed by atoms with Gasteiger partial charge < -0.3 is 29.2 Å². The van der Waals surface area contributed by atoms with Crippen LogP contribution in [0.4, 0.5) is 0 Å². The molecule has 2 atom stereocenters. The van der Waals surface area contributed by atoms with Crippen molar-refractivity contribution in [3.8, 4) is 23.0 Å². The summed E-state index contributed by atoms with van der Waals surface area (Å²) in [5, 5.41) is 20.4. The van der Waals surface area contributed by atoms with Crippen LogP contribution in [-0.2, 0) is 0 Å². The van der Waals surface area contributed by atoms with Gasteiger partial charge >= 0.3 is 0 Å². The number of ether oxygens (including phenoxy) is 4. The van der Waals surface area contributed by atoms with Crippen LogP contribution in [0.5, 0.6) is 23.0 Å². The number of benzene rings is 2. The highest BCUT2D eigenvalue weighted by atomic mass is 16.6. The van der Waals surface area contributed by atoms with Gasteiger partial charge in [0.05, 0.1) is 27.4 Å². The Morgan fingerprint density at radius 3 is 2.00 bits per heavy atom. The van der Waals surface area contributed by atoms with Gasteiger partial charge in [-0.2, -0.15) is 0 Å². The molecule has 2 unspecified atom stereocenters. The maximum Gasteiger partial charge on any atom is 0.200 e. The van der Waals surface area contributed by atoms with Crippen molar-refractivity contribution in [2.75, 3.05) is 21.3 Å². The minimum atomic E-state index is -1.19. The van der Waals surface area contributed by atoms with E-state index in [0.29, 0.717) is 28.6 Å². The van der Waals surface area contributed by atoms with E-state index in [1.54, 1.807) is 49.6 Å². The van der Waals surface area contributed by atoms with Crippen molar-refractivity contribution in [3.63, 3.8) is 0 Å². The van der Waals surface area contributed by atoms with Crippen LogP contribution in [-0.4, -0.2) is 37.8 Å². The lowest BCUT2D eigenvalue weighted by Gasteiger charge is -2.19. The predicted octanol–water partition coefficient (Wildman–Crippen LogP) is 2.53. The SMILES string of the molecule is COc1ccc(C(O)CC(O)Oc2ccccc2OC)cc1OC. The molecule has 0 fully saturated rings. The Bertz CT molecular complexity index is 658. The van der Waals surface area contributed by atoms with E-state index in [-0.39, 0.29) is 6.42 Å². The number of aliphatic hydroxyl groups excluding tert-OH is 2. The Balaban J connectivity index is 2.04. The highest BCUT2D eigenvalue weighted by Crippen LogP contribution is 2.32. The minimum absolute atomic E-state index is 0.00642. The summed E-state index contributed by atoms with van der Waals surface area (Å²) in [6, 6.07) is 12.1. The van der Waals surface area contributed by atoms with E-state index in [1.807, 2.05) is 0 Å². The van der Waals surface area contributed by atoms with Gasteiger partial charge in [-0.1, -0.05) is 18.2 Å². The molecule has 24 heavy (non-hydrogen) atoms. The van der Waals surface area contributed by atoms with Crippen molar-refractivity contribution in [2.45, 2.75) is 18.8 Å². The maximum atomic E-state index is 10.3. The molecular weight excluding hydrogens is 312 g/mol. The molecule has 0 aromatic heterocycles. The molecule has 0 heterocycles. The van der Waals surface area contributed by atoms with Crippen LogP contribution < -0.4 is 18.9 Å². The smallest absolute Gasteiger partial charge is 0.200 e. The lowest BCUT2D eigenvalue weighted by atomic mass is 10.1. The van der Waals surface area contributed by atoms with Gasteiger partial charge in [0.15, 0.2) is 29.3 Å². The molecule has 0 aliphatic heterocycles. The molecule has 130 valence electrons. The van der Waals surface area contributed by atoms with Gasteiger partial charge in [-0.3, -0.25) is 0 Å². The average molecular weight is 334 g/mol. The fourth-order valence-electron chi connectivity index (χ4n) is 2.30. The van der Waals surface area contributed by atoms with Crippen molar-refractivity contribution >= 4 is 0 Å². The van der Waals surface area contributed by atoms with E-state index in [9.17, 15) is 10.2 Å². The third kappa shape index (κ3) is 4.31. The van der Waals surface area contributed by atoms with Crippen molar-refractivity contribution in [3.05, 3.63) is 48.0 Å². The summed E-state index contributed by atoms with van der Waals surface area (Å²) in [7, 11) is 4.58. The molecule has 2 aromatic rings. The Labute approximate surface area is 141 Å². The first kappa shape index (κ1) is 17.9. The summed E-state index contributed by atoms with van der Waals surface area (Å²) in [6.45, 7) is 0. The number of methoxy groups -OCH3 is 3. The number of rotatable bonds is 8. The summed E-state index contributed by atoms with van der Waals surface area (Å²) in [5.74, 6) is 2.00. The largest absolute Gasteiger partial charge is 0.493 e. The second-order valence-electron chi connectivity index (χ2n) is 5.09. The molecule has 0 aliphatic carbocycles. The average Bonchev–Trinajstić information content (AvgIpc) is 2.61. The molecule has 2 aromatic carbocycles. The van der Waals surface area contributed by atoms with Gasteiger partial charge in [0.1, 0.15) is 0 Å². The second-order valence-corrected chi connectivity index (χ2v) is 5.09. The van der Waals surface area contributed by atoms with Crippen LogP contribution in [0.2, 0.25) is 0 Å². The normalized spacial score (nSPS) is 13.0. The van der Waals surface area contributed by atoms with Gasteiger partial charge in [-0.15, -0.1) is 0 Å². The van der Waals surface area contributed by atoms with Crippen molar-refractivity contribution in [1.82, 2.24) is 0 Å². The fraction of sp³-hybridized carbons (Fsp3) is 0.333. The third-order valence-electron chi connectivity index (χ3n) is 3.55. The van der Waals surface area contributed by atoms with Gasteiger partial charge in [-0.25, -0.2) is 0 Å². The van der Waals surface area contributed by atoms with E-state index in [1.165, 1.54) is 14.2 Å². The third-order valence-corrected chi connectivity index (χ3v) is 3.55. The minimum Gasteiger partial charge on any atom is -0.493 e. The Morgan fingerprint density at radius 2 is 1.38 bits per heavy atom. The van der Waals surface area contributed by atoms with Crippen LogP contribution in [0.25, 0.3) is 0 Å². The zero-order valence-electron chi connectivity index (χ0n) is 13.9. The second kappa shape index (κ2) is 8.42. The monoisotopic (exact) mass is 334 g/mol. The molecule has 0 bridgehead atoms. The molecule has 0 amide bonds. The molecule has 0 spiro atoms. The highest BCUT2D eigenvalue weighted by molar-refractivity contribution is 5.43. The maximum absolute atomic E-state index is 10.3. The molecule has 6 heteroatoms. The molecule has 0 saturated heterocycles. The van der Waals surface area contributed by atoms with E-state index in [0.717, 1.165) is 0 Å². The van der Waals surface area contributed by atoms with Crippen LogP contribution in [0, 0.1) is 0 Å². The summed E-state index contributed by atoms with van der Waals surface area (Å²) < 4.78 is 21.0. The van der Waals surface area contributed by atoms with Crippen LogP contribution in [0.1, 0.15) is 18.1 Å². The van der Waals surface area contributed by atoms with Crippen molar-refractivity contribution in [1.29, 1.82) is 0 Å². The van der Waals surface area contributed by atoms with Crippen LogP contribution >= 0.6 is 0 Å². The van der Waals surface area contributed by atoms with Gasteiger partial charge in [0, 0.05) is 6.42 Å². The molecule has 2 N–H and O–H groups in total. The lowest BCUT2D eigenvalue weighted by molar-refractivity contribution is -0.0522. The quantitative estimate of drug-likeness (QED) is 0.723. The summed E-state index contributed by atoms with van der Waals surface area (Å²) in [6.07, 6.45) is -2.12. The number of hydrogen-bond acceptors (Lipinski definition) is 6. The molecule has 2 rings (SSSR count). The van der Waals surface area contributed by atoms with Crippen molar-refractivity contribution in [2.24, 2.45) is 0 Å². The molecule has 0 saturated carbocycles. The number of hydrogen-bond donors (Lipinski definition) is 2. The summed E-state index contributed by atoms with van der Waals surface area (Å²) in [4.78, 5) is 0. The first-order chi connectivity index (χ1) is 11.6. The van der Waals surface area contributed by atoms with E-state index < -0.39 is 12.4 Å². The Morgan fingerprint density at radius 1 is 0.792 bits per heavy atom. The Hall–Kier alpha value is -2.44. The van der Waals surface area contributed by atoms with E-state index in [2.05, 4.69) is 0 Å². The number of para-hydroxylation sites is 2. The van der Waals surface area contributed by atoms with Gasteiger partial charge in [0.2, 0.25) is 0 Å². The standard InChI is InChI=1S/C18H22O6/c1-21-14-6-4-5-7-16(14)24-18(20)11-13(19)12-8-9-15(22-2)17(10-12)23-3/h4-10,13,18-20H,11H2,1-3H3. The van der Waals surface area contributed by atoms with Crippen LogP contribution in [0.15, 0.2) is 42.5 Å². The zero-order chi connectivity index (χ0) is 17.5. The number of aliphatic hydroxyl groups is 2. The zero-order valence-corrected chi connectivity index (χ0v) is 13.9. The summed E-state index contributed by atoms with van der Waals surface area (Å²) >= 11 is 0. The van der Waals surface area contributed by atoms with Gasteiger partial charge in [-0.05, 0) is 29.8 Å². The molecule has 6 nitrogen and oxygen atoms in total. The van der Waals surface area contributed by atoms with E-state index in [4.69, 9.17) is 18.9 Å². The van der Waals surface area contributed by atoms with Gasteiger partial charge in [0.25, 0.3) is 0 Å². The first-order valence-electron chi connectivity index (χ1n) is 7.46. The van der Waals surface area contributed by atoms with E-state index >= 15 is 0 Å². The first-order valence-corrected chi connectivity index (χ1v) is 7.46. The molecular formula is C18H22O6. The van der Waals surface area contributed by atoms with Crippen LogP contribution in [0.3, 0.4) is 0 Å². The molecule has 0 aliphatic rings. The summed E-state index contributed by atoms with van der Waals surface area (Å²) in [5.41, 5.74) is 0.593. The molecule has 0 radical (unpaired) electrons. The fourth-order valence-corrected chi connectivity index (χ4v) is 2.30.